The van der Waals surface area contributed by atoms with Gasteiger partial charge in [0.1, 0.15) is 24.4 Å². The Bertz CT molecular complexity index is 1330. The number of ether oxygens (including phenoxy) is 4. The summed E-state index contributed by atoms with van der Waals surface area (Å²) in [4.78, 5) is 52.2. The van der Waals surface area contributed by atoms with E-state index in [4.69, 9.17) is 18.9 Å². The summed E-state index contributed by atoms with van der Waals surface area (Å²) in [7, 11) is 0. The number of rotatable bonds is 0. The van der Waals surface area contributed by atoms with Gasteiger partial charge in [0, 0.05) is 0 Å². The van der Waals surface area contributed by atoms with E-state index < -0.39 is 0 Å². The van der Waals surface area contributed by atoms with E-state index in [1.807, 2.05) is 0 Å². The molecule has 0 aromatic heterocycles. The summed E-state index contributed by atoms with van der Waals surface area (Å²) in [6.45, 7) is 0. The summed E-state index contributed by atoms with van der Waals surface area (Å²) >= 11 is 0. The molecule has 6 aliphatic carbocycles. The highest BCUT2D eigenvalue weighted by atomic mass is 16.6. The van der Waals surface area contributed by atoms with Gasteiger partial charge >= 0.3 is 23.9 Å². The fraction of sp³-hybridized carbons (Fsp3) is 0.579. The molecule has 0 radical (unpaired) electrons. The molecule has 12 bridgehead atoms. The highest BCUT2D eigenvalue weighted by molar-refractivity contribution is 5.94. The molecule has 10 aliphatic rings. The van der Waals surface area contributed by atoms with Gasteiger partial charge in [0.15, 0.2) is 0 Å². The maximum absolute atomic E-state index is 13.1. The van der Waals surface area contributed by atoms with Crippen molar-refractivity contribution in [3.63, 3.8) is 0 Å². The van der Waals surface area contributed by atoms with E-state index in [2.05, 4.69) is 0 Å². The normalized spacial score (nSPS) is 41.0. The zero-order valence-electron chi connectivity index (χ0n) is 25.9. The Morgan fingerprint density at radius 1 is 0.326 bits per heavy atom. The molecule has 2 aromatic rings. The lowest BCUT2D eigenvalue weighted by atomic mass is 9.89. The van der Waals surface area contributed by atoms with Crippen molar-refractivity contribution in [1.82, 2.24) is 0 Å². The molecule has 0 unspecified atom stereocenters. The molecule has 8 heteroatoms. The van der Waals surface area contributed by atoms with Crippen LogP contribution in [0.5, 0.6) is 0 Å². The third-order valence-electron chi connectivity index (χ3n) is 12.9. The molecule has 6 saturated carbocycles. The van der Waals surface area contributed by atoms with Gasteiger partial charge in [-0.3, -0.25) is 0 Å². The fourth-order valence-corrected chi connectivity index (χ4v) is 11.1. The molecule has 4 aliphatic heterocycles. The summed E-state index contributed by atoms with van der Waals surface area (Å²) < 4.78 is 23.9. The van der Waals surface area contributed by atoms with Crippen molar-refractivity contribution in [2.45, 2.75) is 88.6 Å². The number of benzene rings is 2. The Hall–Kier alpha value is -3.68. The molecule has 0 spiro atoms. The predicted molar refractivity (Wildman–Crippen MR) is 164 cm³/mol. The van der Waals surface area contributed by atoms with Gasteiger partial charge in [-0.25, -0.2) is 19.2 Å². The second-order valence-electron chi connectivity index (χ2n) is 15.3. The second kappa shape index (κ2) is 11.0. The van der Waals surface area contributed by atoms with Gasteiger partial charge in [0.2, 0.25) is 0 Å². The average molecular weight is 625 g/mol. The zero-order valence-corrected chi connectivity index (χ0v) is 25.9. The van der Waals surface area contributed by atoms with Crippen molar-refractivity contribution in [2.24, 2.45) is 47.3 Å². The van der Waals surface area contributed by atoms with E-state index >= 15 is 0 Å². The molecule has 2 aromatic carbocycles. The SMILES string of the molecule is O=C1O[C@@H]2C[C@@H]3C[C@@H]4C[C@@H](C[C@@H]4[C@@H]3C2)OC(=O)c2ccc(cc2)C(=O)O[C@H]2C[C@H]3C[C@H]4C[C@H](C[C@H]4[C@H]3C2)OC(=O)c2ccc1cc2. The first-order valence-electron chi connectivity index (χ1n) is 17.4. The quantitative estimate of drug-likeness (QED) is 0.245. The maximum atomic E-state index is 13.1. The van der Waals surface area contributed by atoms with Gasteiger partial charge in [-0.1, -0.05) is 0 Å². The van der Waals surface area contributed by atoms with E-state index in [9.17, 15) is 19.2 Å². The molecule has 12 atom stereocenters. The van der Waals surface area contributed by atoms with Crippen LogP contribution in [0.2, 0.25) is 0 Å². The first kappa shape index (κ1) is 28.5. The molecular formula is C38H40O8. The number of carbonyl (C=O) groups is 4. The second-order valence-corrected chi connectivity index (χ2v) is 15.3. The minimum Gasteiger partial charge on any atom is -0.459 e. The van der Waals surface area contributed by atoms with Crippen LogP contribution >= 0.6 is 0 Å². The van der Waals surface area contributed by atoms with Crippen LogP contribution < -0.4 is 0 Å². The molecular weight excluding hydrogens is 584 g/mol. The highest BCUT2D eigenvalue weighted by Crippen LogP contribution is 2.59. The van der Waals surface area contributed by atoms with Gasteiger partial charge in [-0.15, -0.1) is 0 Å². The molecule has 4 heterocycles. The summed E-state index contributed by atoms with van der Waals surface area (Å²) in [5, 5.41) is 0. The molecule has 0 amide bonds. The van der Waals surface area contributed by atoms with E-state index in [0.29, 0.717) is 69.6 Å². The smallest absolute Gasteiger partial charge is 0.338 e. The van der Waals surface area contributed by atoms with Crippen molar-refractivity contribution in [3.8, 4) is 0 Å². The molecule has 8 nitrogen and oxygen atoms in total. The number of carbonyl (C=O) groups excluding carboxylic acids is 4. The molecule has 240 valence electrons. The van der Waals surface area contributed by atoms with Crippen molar-refractivity contribution >= 4 is 23.9 Å². The zero-order chi connectivity index (χ0) is 31.1. The highest BCUT2D eigenvalue weighted by Gasteiger charge is 2.55. The van der Waals surface area contributed by atoms with Crippen LogP contribution in [-0.2, 0) is 18.9 Å². The summed E-state index contributed by atoms with van der Waals surface area (Å²) in [6, 6.07) is 13.3. The first-order valence-corrected chi connectivity index (χ1v) is 17.4. The Kier molecular flexibility index (Phi) is 6.79. The Labute approximate surface area is 268 Å². The average Bonchev–Trinajstić information content (AvgIpc) is 3.87. The molecule has 6 fully saturated rings. The van der Waals surface area contributed by atoms with Crippen molar-refractivity contribution in [1.29, 1.82) is 0 Å². The predicted octanol–water partition coefficient (Wildman–Crippen LogP) is 6.41. The monoisotopic (exact) mass is 624 g/mol. The fourth-order valence-electron chi connectivity index (χ4n) is 11.1. The topological polar surface area (TPSA) is 105 Å². The van der Waals surface area contributed by atoms with Crippen molar-refractivity contribution < 1.29 is 38.1 Å². The van der Waals surface area contributed by atoms with Crippen LogP contribution in [0.15, 0.2) is 48.5 Å². The minimum atomic E-state index is -0.349. The Morgan fingerprint density at radius 2 is 0.543 bits per heavy atom. The van der Waals surface area contributed by atoms with E-state index in [-0.39, 0.29) is 48.3 Å². The van der Waals surface area contributed by atoms with Gasteiger partial charge in [-0.2, -0.15) is 0 Å². The summed E-state index contributed by atoms with van der Waals surface area (Å²) in [5.41, 5.74) is 1.77. The number of hydrogen-bond acceptors (Lipinski definition) is 8. The van der Waals surface area contributed by atoms with Crippen LogP contribution in [0.25, 0.3) is 0 Å². The van der Waals surface area contributed by atoms with E-state index in [0.717, 1.165) is 64.2 Å². The van der Waals surface area contributed by atoms with Crippen molar-refractivity contribution in [2.75, 3.05) is 0 Å². The Morgan fingerprint density at radius 3 is 0.761 bits per heavy atom. The van der Waals surface area contributed by atoms with E-state index in [1.165, 1.54) is 0 Å². The van der Waals surface area contributed by atoms with Crippen LogP contribution in [0.1, 0.15) is 106 Å². The lowest BCUT2D eigenvalue weighted by Gasteiger charge is -2.19. The standard InChI is InChI=1S/C38H40O8/c39-35-19-1-2-20(4-3-19)36(40)44-28-12-24-10-26-14-30(18-34(26)32(24)16-28)46-38(42)22-7-5-21(6-8-22)37(41)45-29-13-25-9-23-11-27(43-35)15-31(23)33(25)17-29/h1-8,23-34H,9-18H2/t23-,24-,25+,26+,27+,28+,29-,30-,31+,32+,33-,34-. The number of esters is 4. The van der Waals surface area contributed by atoms with Crippen LogP contribution in [0.4, 0.5) is 0 Å². The molecule has 0 N–H and O–H groups in total. The van der Waals surface area contributed by atoms with Crippen molar-refractivity contribution in [3.05, 3.63) is 70.8 Å². The molecule has 12 rings (SSSR count). The Balaban J connectivity index is 0.936. The van der Waals surface area contributed by atoms with Gasteiger partial charge in [0.25, 0.3) is 0 Å². The third-order valence-corrected chi connectivity index (χ3v) is 12.9. The summed E-state index contributed by atoms with van der Waals surface area (Å²) in [6.07, 6.45) is 8.52. The number of hydrogen-bond donors (Lipinski definition) is 0. The van der Waals surface area contributed by atoms with Crippen LogP contribution in [-0.4, -0.2) is 48.3 Å². The minimum absolute atomic E-state index is 0.122. The lowest BCUT2D eigenvalue weighted by molar-refractivity contribution is 0.0266. The van der Waals surface area contributed by atoms with Crippen LogP contribution in [0.3, 0.4) is 0 Å². The van der Waals surface area contributed by atoms with Gasteiger partial charge < -0.3 is 18.9 Å². The lowest BCUT2D eigenvalue weighted by Crippen LogP contribution is -2.20. The molecule has 46 heavy (non-hydrogen) atoms. The van der Waals surface area contributed by atoms with Gasteiger partial charge in [0.05, 0.1) is 22.3 Å². The van der Waals surface area contributed by atoms with Crippen LogP contribution in [0, 0.1) is 47.3 Å². The first-order chi connectivity index (χ1) is 22.3. The van der Waals surface area contributed by atoms with Gasteiger partial charge in [-0.05, 0) is 160 Å². The summed E-state index contributed by atoms with van der Waals surface area (Å²) in [5.74, 6) is 2.60. The molecule has 0 saturated heterocycles. The maximum Gasteiger partial charge on any atom is 0.338 e. The van der Waals surface area contributed by atoms with E-state index in [1.54, 1.807) is 48.5 Å². The third kappa shape index (κ3) is 4.94. The largest absolute Gasteiger partial charge is 0.459 e.